The molecule has 230 valence electrons. The van der Waals surface area contributed by atoms with Gasteiger partial charge in [0.05, 0.1) is 5.56 Å². The number of hydrogen-bond acceptors (Lipinski definition) is 7. The van der Waals surface area contributed by atoms with Crippen LogP contribution < -0.4 is 0 Å². The van der Waals surface area contributed by atoms with Gasteiger partial charge in [-0.05, 0) is 86.1 Å². The summed E-state index contributed by atoms with van der Waals surface area (Å²) in [5.41, 5.74) is 4.81. The van der Waals surface area contributed by atoms with E-state index in [0.29, 0.717) is 11.5 Å². The molecule has 0 spiro atoms. The molecule has 0 saturated carbocycles. The van der Waals surface area contributed by atoms with E-state index in [-0.39, 0.29) is 17.8 Å². The normalized spacial score (nSPS) is 14.8. The van der Waals surface area contributed by atoms with E-state index in [2.05, 4.69) is 56.0 Å². The lowest BCUT2D eigenvalue weighted by Gasteiger charge is -2.39. The van der Waals surface area contributed by atoms with E-state index in [4.69, 9.17) is 17.0 Å². The molecule has 2 unspecified atom stereocenters. The second-order valence-electron chi connectivity index (χ2n) is 10.6. The predicted molar refractivity (Wildman–Crippen MR) is 186 cm³/mol. The van der Waals surface area contributed by atoms with Crippen molar-refractivity contribution in [2.75, 3.05) is 13.1 Å². The van der Waals surface area contributed by atoms with Crippen LogP contribution in [0, 0.1) is 9.74 Å². The van der Waals surface area contributed by atoms with Gasteiger partial charge in [-0.1, -0.05) is 122 Å². The van der Waals surface area contributed by atoms with Gasteiger partial charge in [-0.3, -0.25) is 4.90 Å². The van der Waals surface area contributed by atoms with E-state index < -0.39 is 6.10 Å². The maximum absolute atomic E-state index is 13.3. The van der Waals surface area contributed by atoms with Crippen LogP contribution >= 0.6 is 32.9 Å². The van der Waals surface area contributed by atoms with E-state index in [9.17, 15) is 9.90 Å². The first-order chi connectivity index (χ1) is 20.9. The molecule has 0 amide bonds. The molecule has 1 fully saturated rings. The molecule has 4 aromatic rings. The zero-order valence-electron chi connectivity index (χ0n) is 26.0. The topological polar surface area (TPSA) is 49.8 Å². The average molecular weight is 636 g/mol. The number of nitrogens with zero attached hydrogens (tertiary/aromatic N) is 1. The highest BCUT2D eigenvalue weighted by Gasteiger charge is 2.31. The molecule has 0 radical (unpaired) electrons. The number of ether oxygens (including phenoxy) is 1. The van der Waals surface area contributed by atoms with Gasteiger partial charge in [0.15, 0.2) is 0 Å². The number of phenolic OH excluding ortho intramolecular Hbond substituents is 1. The maximum atomic E-state index is 13.3. The van der Waals surface area contributed by atoms with E-state index in [1.54, 1.807) is 32.8 Å². The van der Waals surface area contributed by atoms with Crippen molar-refractivity contribution in [1.82, 2.24) is 4.90 Å². The lowest BCUT2D eigenvalue weighted by atomic mass is 9.89. The Kier molecular flexibility index (Phi) is 14.6. The van der Waals surface area contributed by atoms with Gasteiger partial charge >= 0.3 is 5.97 Å². The van der Waals surface area contributed by atoms with Crippen molar-refractivity contribution in [3.8, 4) is 16.9 Å². The monoisotopic (exact) mass is 635 g/mol. The van der Waals surface area contributed by atoms with E-state index in [1.807, 2.05) is 55.6 Å². The van der Waals surface area contributed by atoms with Gasteiger partial charge in [0, 0.05) is 17.0 Å². The Morgan fingerprint density at radius 3 is 2.14 bits per heavy atom. The molecular formula is C36H45NO3S3. The number of aromatic hydroxyl groups is 1. The molecule has 0 bridgehead atoms. The fraction of sp³-hybridized carbons (Fsp3) is 0.389. The van der Waals surface area contributed by atoms with Crippen molar-refractivity contribution in [3.05, 3.63) is 105 Å². The number of phenols is 1. The van der Waals surface area contributed by atoms with Crippen molar-refractivity contribution >= 4 is 38.9 Å². The van der Waals surface area contributed by atoms with Crippen molar-refractivity contribution in [2.24, 2.45) is 5.92 Å². The molecule has 2 heterocycles. The third-order valence-corrected chi connectivity index (χ3v) is 10.1. The van der Waals surface area contributed by atoms with Gasteiger partial charge in [0.25, 0.3) is 0 Å². The predicted octanol–water partition coefficient (Wildman–Crippen LogP) is 10.6. The van der Waals surface area contributed by atoms with Gasteiger partial charge in [-0.25, -0.2) is 4.79 Å². The van der Waals surface area contributed by atoms with Crippen molar-refractivity contribution in [3.63, 3.8) is 0 Å². The largest absolute Gasteiger partial charge is 0.508 e. The second-order valence-corrected chi connectivity index (χ2v) is 13.4. The molecule has 1 saturated heterocycles. The molecule has 7 heteroatoms. The fourth-order valence-electron chi connectivity index (χ4n) is 5.18. The molecule has 1 aromatic heterocycles. The highest BCUT2D eigenvalue weighted by molar-refractivity contribution is 7.79. The number of benzene rings is 3. The van der Waals surface area contributed by atoms with E-state index >= 15 is 0 Å². The first-order valence-corrected chi connectivity index (χ1v) is 18.0. The number of carbonyl (C=O) groups is 1. The van der Waals surface area contributed by atoms with Crippen LogP contribution in [0.4, 0.5) is 0 Å². The maximum Gasteiger partial charge on any atom is 0.338 e. The number of esters is 1. The lowest BCUT2D eigenvalue weighted by Crippen LogP contribution is -2.44. The summed E-state index contributed by atoms with van der Waals surface area (Å²) in [6.07, 6.45) is 4.14. The minimum Gasteiger partial charge on any atom is -0.508 e. The molecule has 43 heavy (non-hydrogen) atoms. The quantitative estimate of drug-likeness (QED) is 0.119. The molecule has 1 aliphatic rings. The van der Waals surface area contributed by atoms with Crippen LogP contribution in [0.5, 0.6) is 5.75 Å². The number of likely N-dealkylation sites (tertiary alicyclic amines) is 1. The Morgan fingerprint density at radius 1 is 0.977 bits per heavy atom. The molecular weight excluding hydrogens is 591 g/mol. The van der Waals surface area contributed by atoms with Crippen molar-refractivity contribution < 1.29 is 14.6 Å². The van der Waals surface area contributed by atoms with Crippen LogP contribution in [0.25, 0.3) is 11.1 Å². The summed E-state index contributed by atoms with van der Waals surface area (Å²) < 4.78 is 7.04. The molecule has 3 aromatic carbocycles. The lowest BCUT2D eigenvalue weighted by molar-refractivity contribution is -0.00613. The molecule has 0 aliphatic carbocycles. The van der Waals surface area contributed by atoms with Crippen LogP contribution in [0.1, 0.15) is 81.5 Å². The van der Waals surface area contributed by atoms with Crippen LogP contribution in [-0.2, 0) is 11.2 Å². The van der Waals surface area contributed by atoms with Crippen LogP contribution in [-0.4, -0.2) is 35.1 Å². The third-order valence-electron chi connectivity index (χ3n) is 7.43. The van der Waals surface area contributed by atoms with E-state index in [1.165, 1.54) is 12.0 Å². The fourth-order valence-corrected chi connectivity index (χ4v) is 7.57. The van der Waals surface area contributed by atoms with Gasteiger partial charge in [0.2, 0.25) is 0 Å². The Labute approximate surface area is 270 Å². The highest BCUT2D eigenvalue weighted by Crippen LogP contribution is 2.32. The zero-order chi connectivity index (χ0) is 31.2. The number of hydrogen-bond donors (Lipinski definition) is 1. The van der Waals surface area contributed by atoms with Crippen LogP contribution in [0.2, 0.25) is 0 Å². The highest BCUT2D eigenvalue weighted by atomic mass is 32.9. The average Bonchev–Trinajstić information content (AvgIpc) is 3.48. The zero-order valence-corrected chi connectivity index (χ0v) is 28.4. The smallest absolute Gasteiger partial charge is 0.338 e. The third kappa shape index (κ3) is 10.1. The minimum atomic E-state index is -0.452. The standard InChI is InChI=1S/C31H31NO3S3.C3H8.C2H6/c1-21(32-17-15-23(16-18-32)19-22-5-3-2-4-6-22)29(25-11-13-27(33)14-12-25)35-30(34)26-9-7-24(8-10-26)28-20-37-38-31(28)36;1-3-2;1-2/h2-14,20-21,23,29,33H,15-19H2,1H3;3H2,1-2H3;1-2H3. The summed E-state index contributed by atoms with van der Waals surface area (Å²) in [7, 11) is 3.19. The number of carbonyl (C=O) groups excluding carboxylic acids is 1. The van der Waals surface area contributed by atoms with E-state index in [0.717, 1.165) is 52.9 Å². The summed E-state index contributed by atoms with van der Waals surface area (Å²) in [6.45, 7) is 12.3. The van der Waals surface area contributed by atoms with Gasteiger partial charge in [-0.2, -0.15) is 0 Å². The van der Waals surface area contributed by atoms with Crippen LogP contribution in [0.15, 0.2) is 84.2 Å². The molecule has 1 aliphatic heterocycles. The van der Waals surface area contributed by atoms with Gasteiger partial charge in [0.1, 0.15) is 15.7 Å². The Morgan fingerprint density at radius 2 is 1.58 bits per heavy atom. The Bertz CT molecular complexity index is 1410. The summed E-state index contributed by atoms with van der Waals surface area (Å²) in [4.78, 5) is 15.7. The van der Waals surface area contributed by atoms with Crippen LogP contribution in [0.3, 0.4) is 0 Å². The molecule has 5 rings (SSSR count). The SMILES string of the molecule is CC.CC(C(OC(=O)c1ccc(-c2cssc2=S)cc1)c1ccc(O)cc1)N1CCC(Cc2ccccc2)CC1.CCC. The summed E-state index contributed by atoms with van der Waals surface area (Å²) >= 11 is 5.42. The first kappa shape index (κ1) is 34.6. The minimum absolute atomic E-state index is 0.00416. The number of piperidine rings is 1. The molecule has 2 atom stereocenters. The Balaban J connectivity index is 0.000000953. The molecule has 4 nitrogen and oxygen atoms in total. The first-order valence-electron chi connectivity index (χ1n) is 15.4. The van der Waals surface area contributed by atoms with Crippen molar-refractivity contribution in [1.29, 1.82) is 0 Å². The summed E-state index contributed by atoms with van der Waals surface area (Å²) in [6, 6.07) is 25.2. The molecule has 1 N–H and O–H groups in total. The summed E-state index contributed by atoms with van der Waals surface area (Å²) in [5, 5.41) is 11.9. The second kappa shape index (κ2) is 18.1. The summed E-state index contributed by atoms with van der Waals surface area (Å²) in [5.74, 6) is 0.500. The van der Waals surface area contributed by atoms with Crippen molar-refractivity contribution in [2.45, 2.75) is 72.4 Å². The van der Waals surface area contributed by atoms with Gasteiger partial charge < -0.3 is 9.84 Å². The number of rotatable bonds is 8. The Hall–Kier alpha value is -2.84. The van der Waals surface area contributed by atoms with Gasteiger partial charge in [-0.15, -0.1) is 0 Å².